The third kappa shape index (κ3) is 6.80. The fourth-order valence-electron chi connectivity index (χ4n) is 3.67. The molecule has 2 aliphatic rings. The molecule has 1 aromatic rings. The maximum atomic E-state index is 12.9. The molecule has 0 spiro atoms. The third-order valence-electron chi connectivity index (χ3n) is 5.41. The number of carboxylic acids is 1. The lowest BCUT2D eigenvalue weighted by Gasteiger charge is -2.29. The van der Waals surface area contributed by atoms with Crippen LogP contribution in [0.15, 0.2) is 58.3 Å². The Labute approximate surface area is 212 Å². The number of rotatable bonds is 9. The van der Waals surface area contributed by atoms with Crippen LogP contribution in [0.4, 0.5) is 0 Å². The first-order chi connectivity index (χ1) is 16.7. The van der Waals surface area contributed by atoms with Crippen LogP contribution in [0.5, 0.6) is 0 Å². The summed E-state index contributed by atoms with van der Waals surface area (Å²) in [5, 5.41) is 17.9. The number of nitrogens with one attached hydrogen (secondary N) is 3. The fourth-order valence-corrected chi connectivity index (χ4v) is 4.24. The van der Waals surface area contributed by atoms with Gasteiger partial charge in [0.2, 0.25) is 5.91 Å². The number of Topliss-reactive ketones (excluding diaryl/α,β-unsaturated/α-hetero) is 1. The minimum absolute atomic E-state index is 0.0240. The normalized spacial score (nSPS) is 17.8. The number of carbonyl (C=O) groups is 4. The molecular weight excluding hydrogens is 495 g/mol. The third-order valence-corrected chi connectivity index (χ3v) is 6.04. The molecular formula is C24H24Cl2N4O5. The average molecular weight is 519 g/mol. The summed E-state index contributed by atoms with van der Waals surface area (Å²) in [6.07, 6.45) is 7.52. The minimum atomic E-state index is -1.32. The van der Waals surface area contributed by atoms with Crippen molar-refractivity contribution in [2.45, 2.75) is 31.8 Å². The van der Waals surface area contributed by atoms with Crippen LogP contribution in [0.2, 0.25) is 10.0 Å². The van der Waals surface area contributed by atoms with E-state index in [-0.39, 0.29) is 40.3 Å². The number of allylic oxidation sites excluding steroid dienone is 2. The van der Waals surface area contributed by atoms with Gasteiger partial charge in [0, 0.05) is 31.7 Å². The summed E-state index contributed by atoms with van der Waals surface area (Å²) < 4.78 is 0. The van der Waals surface area contributed by atoms with Gasteiger partial charge in [-0.3, -0.25) is 19.4 Å². The number of dihydropyridines is 2. The second kappa shape index (κ2) is 11.8. The molecule has 2 amide bonds. The highest BCUT2D eigenvalue weighted by molar-refractivity contribution is 6.39. The van der Waals surface area contributed by atoms with Crippen molar-refractivity contribution in [2.75, 3.05) is 13.1 Å². The SMILES string of the molecule is CC(=O)NCC(=O)[C@@H]1NC(C[C@H](NC(=O)c2c(Cl)cccc2Cl)C(=O)O)=CC=C1C1=CCN=CC1. The Morgan fingerprint density at radius 3 is 2.51 bits per heavy atom. The monoisotopic (exact) mass is 518 g/mol. The highest BCUT2D eigenvalue weighted by Crippen LogP contribution is 2.26. The van der Waals surface area contributed by atoms with Crippen LogP contribution in [-0.4, -0.2) is 60.1 Å². The van der Waals surface area contributed by atoms with Crippen molar-refractivity contribution >= 4 is 53.0 Å². The maximum absolute atomic E-state index is 12.9. The lowest BCUT2D eigenvalue weighted by atomic mass is 9.89. The molecule has 4 N–H and O–H groups in total. The van der Waals surface area contributed by atoms with Crippen LogP contribution in [-0.2, 0) is 14.4 Å². The van der Waals surface area contributed by atoms with E-state index in [0.717, 1.165) is 5.57 Å². The number of benzene rings is 1. The molecule has 35 heavy (non-hydrogen) atoms. The first kappa shape index (κ1) is 26.2. The van der Waals surface area contributed by atoms with Crippen LogP contribution in [0.3, 0.4) is 0 Å². The zero-order chi connectivity index (χ0) is 25.5. The van der Waals surface area contributed by atoms with E-state index < -0.39 is 24.0 Å². The highest BCUT2D eigenvalue weighted by atomic mass is 35.5. The molecule has 184 valence electrons. The molecule has 1 aromatic carbocycles. The zero-order valence-corrected chi connectivity index (χ0v) is 20.3. The summed E-state index contributed by atoms with van der Waals surface area (Å²) in [6, 6.07) is 2.40. The molecule has 3 rings (SSSR count). The number of ketones is 1. The predicted octanol–water partition coefficient (Wildman–Crippen LogP) is 2.45. The first-order valence-electron chi connectivity index (χ1n) is 10.8. The van der Waals surface area contributed by atoms with E-state index in [0.29, 0.717) is 24.2 Å². The molecule has 2 heterocycles. The molecule has 9 nitrogen and oxygen atoms in total. The molecule has 0 saturated heterocycles. The summed E-state index contributed by atoms with van der Waals surface area (Å²) in [6.45, 7) is 1.62. The second-order valence-electron chi connectivity index (χ2n) is 7.91. The van der Waals surface area contributed by atoms with E-state index in [2.05, 4.69) is 20.9 Å². The van der Waals surface area contributed by atoms with Gasteiger partial charge < -0.3 is 21.1 Å². The minimum Gasteiger partial charge on any atom is -0.480 e. The molecule has 2 atom stereocenters. The summed E-state index contributed by atoms with van der Waals surface area (Å²) in [5.74, 6) is -2.64. The summed E-state index contributed by atoms with van der Waals surface area (Å²) in [5.41, 5.74) is 2.04. The first-order valence-corrected chi connectivity index (χ1v) is 11.5. The Balaban J connectivity index is 1.81. The fraction of sp³-hybridized carbons (Fsp3) is 0.292. The van der Waals surface area contributed by atoms with E-state index in [1.54, 1.807) is 24.4 Å². The molecule has 0 bridgehead atoms. The van der Waals surface area contributed by atoms with Gasteiger partial charge in [-0.25, -0.2) is 4.79 Å². The standard InChI is InChI=1S/C24H24Cl2N4O5/c1-13(31)28-12-20(32)22-16(14-7-9-27-10-8-14)6-5-15(29-22)11-19(24(34)35)30-23(33)21-17(25)3-2-4-18(21)26/h2-7,10,19,22,29H,8-9,11-12H2,1H3,(H,28,31)(H,30,33)(H,34,35)/t19-,22+/m0/s1. The quantitative estimate of drug-likeness (QED) is 0.396. The van der Waals surface area contributed by atoms with Crippen molar-refractivity contribution in [3.05, 3.63) is 68.9 Å². The van der Waals surface area contributed by atoms with Crippen LogP contribution in [0.1, 0.15) is 30.1 Å². The average Bonchev–Trinajstić information content (AvgIpc) is 2.82. The van der Waals surface area contributed by atoms with Gasteiger partial charge in [-0.1, -0.05) is 41.4 Å². The Hall–Kier alpha value is -3.43. The number of halogens is 2. The van der Waals surface area contributed by atoms with Gasteiger partial charge in [0.15, 0.2) is 5.78 Å². The van der Waals surface area contributed by atoms with Gasteiger partial charge >= 0.3 is 5.97 Å². The molecule has 0 fully saturated rings. The number of carbonyl (C=O) groups excluding carboxylic acids is 3. The number of carboxylic acid groups (broad SMARTS) is 1. The van der Waals surface area contributed by atoms with E-state index in [1.807, 2.05) is 6.08 Å². The Morgan fingerprint density at radius 2 is 1.91 bits per heavy atom. The molecule has 0 aromatic heterocycles. The summed E-state index contributed by atoms with van der Waals surface area (Å²) in [7, 11) is 0. The van der Waals surface area contributed by atoms with Gasteiger partial charge in [-0.2, -0.15) is 0 Å². The summed E-state index contributed by atoms with van der Waals surface area (Å²) >= 11 is 12.1. The number of aliphatic imine (C=N–C) groups is 1. The Bertz CT molecular complexity index is 1150. The second-order valence-corrected chi connectivity index (χ2v) is 8.73. The number of amides is 2. The number of nitrogens with zero attached hydrogens (tertiary/aromatic N) is 1. The molecule has 0 saturated carbocycles. The highest BCUT2D eigenvalue weighted by Gasteiger charge is 2.31. The topological polar surface area (TPSA) is 137 Å². The zero-order valence-electron chi connectivity index (χ0n) is 18.8. The maximum Gasteiger partial charge on any atom is 0.326 e. The smallest absolute Gasteiger partial charge is 0.326 e. The van der Waals surface area contributed by atoms with Gasteiger partial charge in [0.25, 0.3) is 5.91 Å². The molecule has 2 aliphatic heterocycles. The Kier molecular flexibility index (Phi) is 8.84. The van der Waals surface area contributed by atoms with Crippen LogP contribution in [0.25, 0.3) is 0 Å². The van der Waals surface area contributed by atoms with Gasteiger partial charge in [0.05, 0.1) is 28.7 Å². The van der Waals surface area contributed by atoms with E-state index in [1.165, 1.54) is 19.1 Å². The molecule has 0 unspecified atom stereocenters. The van der Waals surface area contributed by atoms with Crippen molar-refractivity contribution in [1.29, 1.82) is 0 Å². The van der Waals surface area contributed by atoms with Crippen molar-refractivity contribution in [2.24, 2.45) is 4.99 Å². The van der Waals surface area contributed by atoms with Gasteiger partial charge in [0.1, 0.15) is 12.1 Å². The summed E-state index contributed by atoms with van der Waals surface area (Å²) in [4.78, 5) is 53.0. The lowest BCUT2D eigenvalue weighted by molar-refractivity contribution is -0.139. The Morgan fingerprint density at radius 1 is 1.20 bits per heavy atom. The van der Waals surface area contributed by atoms with Crippen LogP contribution >= 0.6 is 23.2 Å². The van der Waals surface area contributed by atoms with E-state index >= 15 is 0 Å². The van der Waals surface area contributed by atoms with E-state index in [4.69, 9.17) is 23.2 Å². The number of hydrogen-bond acceptors (Lipinski definition) is 6. The largest absolute Gasteiger partial charge is 0.480 e. The van der Waals surface area contributed by atoms with Gasteiger partial charge in [-0.15, -0.1) is 0 Å². The molecule has 0 radical (unpaired) electrons. The molecule has 0 aliphatic carbocycles. The number of aliphatic carboxylic acids is 1. The van der Waals surface area contributed by atoms with Crippen molar-refractivity contribution in [3.63, 3.8) is 0 Å². The predicted molar refractivity (Wildman–Crippen MR) is 133 cm³/mol. The molecule has 11 heteroatoms. The van der Waals surface area contributed by atoms with Crippen LogP contribution < -0.4 is 16.0 Å². The lowest BCUT2D eigenvalue weighted by Crippen LogP contribution is -2.47. The van der Waals surface area contributed by atoms with E-state index in [9.17, 15) is 24.3 Å². The van der Waals surface area contributed by atoms with Crippen molar-refractivity contribution < 1.29 is 24.3 Å². The van der Waals surface area contributed by atoms with Gasteiger partial charge in [-0.05, 0) is 29.4 Å². The van der Waals surface area contributed by atoms with Crippen LogP contribution in [0, 0.1) is 0 Å². The van der Waals surface area contributed by atoms with Crippen molar-refractivity contribution in [3.8, 4) is 0 Å². The van der Waals surface area contributed by atoms with Crippen molar-refractivity contribution in [1.82, 2.24) is 16.0 Å². The number of hydrogen-bond donors (Lipinski definition) is 4.